The monoisotopic (exact) mass is 112 g/mol. The fourth-order valence-electron chi connectivity index (χ4n) is 0.463. The molecule has 0 unspecified atom stereocenters. The molecule has 0 aromatic heterocycles. The second-order valence-electron chi connectivity index (χ2n) is 1.55. The predicted molar refractivity (Wildman–Crippen MR) is 31.1 cm³/mol. The lowest BCUT2D eigenvalue weighted by Crippen LogP contribution is -1.71. The zero-order valence-corrected chi connectivity index (χ0v) is 4.26. The van der Waals surface area contributed by atoms with Crippen LogP contribution in [0, 0.1) is 12.7 Å². The topological polar surface area (TPSA) is 0 Å². The number of benzene rings is 1. The third kappa shape index (κ3) is 1.06. The number of rotatable bonds is 0. The van der Waals surface area contributed by atoms with Crippen LogP contribution in [0.15, 0.2) is 24.3 Å². The Morgan fingerprint density at radius 2 is 2.00 bits per heavy atom. The van der Waals surface area contributed by atoms with Crippen LogP contribution < -0.4 is 0 Å². The molecule has 0 heterocycles. The molecular formula is C7H7F. The third-order valence-electron chi connectivity index (χ3n) is 0.870. The lowest BCUT2D eigenvalue weighted by atomic mass is 10.2. The van der Waals surface area contributed by atoms with Gasteiger partial charge in [0.25, 0.3) is 0 Å². The van der Waals surface area contributed by atoms with E-state index in [1.807, 2.05) is 0 Å². The van der Waals surface area contributed by atoms with Crippen molar-refractivity contribution in [2.75, 3.05) is 0 Å². The van der Waals surface area contributed by atoms with Gasteiger partial charge in [0.1, 0.15) is 5.82 Å². The molecule has 0 N–H and O–H groups in total. The van der Waals surface area contributed by atoms with E-state index in [4.69, 9.17) is 2.74 Å². The summed E-state index contributed by atoms with van der Waals surface area (Å²) in [5, 5.41) is 0. The Labute approximate surface area is 50.8 Å². The fraction of sp³-hybridized carbons (Fsp3) is 0.143. The van der Waals surface area contributed by atoms with E-state index in [1.54, 1.807) is 0 Å². The molecule has 42 valence electrons. The molecule has 0 bridgehead atoms. The highest BCUT2D eigenvalue weighted by Crippen LogP contribution is 1.98. The molecule has 1 rings (SSSR count). The summed E-state index contributed by atoms with van der Waals surface area (Å²) in [6.07, 6.45) is 0. The molecule has 1 aromatic carbocycles. The molecule has 0 atom stereocenters. The molecule has 0 saturated heterocycles. The van der Waals surface area contributed by atoms with Crippen LogP contribution in [0.5, 0.6) is 0 Å². The second-order valence-corrected chi connectivity index (χ2v) is 1.55. The van der Waals surface area contributed by atoms with Gasteiger partial charge in [-0.3, -0.25) is 0 Å². The van der Waals surface area contributed by atoms with Crippen molar-refractivity contribution in [2.24, 2.45) is 0 Å². The lowest BCUT2D eigenvalue weighted by Gasteiger charge is -1.87. The highest BCUT2D eigenvalue weighted by molar-refractivity contribution is 5.13. The molecule has 0 amide bonds. The first-order valence-electron chi connectivity index (χ1n) is 3.45. The van der Waals surface area contributed by atoms with E-state index in [0.29, 0.717) is 5.56 Å². The van der Waals surface area contributed by atoms with Gasteiger partial charge >= 0.3 is 0 Å². The molecule has 0 aliphatic heterocycles. The van der Waals surface area contributed by atoms with E-state index < -0.39 is 6.88 Å². The van der Waals surface area contributed by atoms with E-state index in [1.165, 1.54) is 24.3 Å². The summed E-state index contributed by atoms with van der Waals surface area (Å²) in [4.78, 5) is 0. The Kier molecular flexibility index (Phi) is 0.787. The quantitative estimate of drug-likeness (QED) is 0.482. The zero-order valence-electron chi connectivity index (χ0n) is 6.26. The summed E-state index contributed by atoms with van der Waals surface area (Å²) in [5.74, 6) is -0.329. The van der Waals surface area contributed by atoms with Gasteiger partial charge in [-0.2, -0.15) is 0 Å². The Morgan fingerprint density at radius 1 is 1.38 bits per heavy atom. The normalized spacial score (nSPS) is 13.2. The molecule has 0 aliphatic carbocycles. The van der Waals surface area contributed by atoms with E-state index in [2.05, 4.69) is 0 Å². The van der Waals surface area contributed by atoms with E-state index in [9.17, 15) is 4.39 Å². The smallest absolute Gasteiger partial charge is 0.123 e. The summed E-state index contributed by atoms with van der Waals surface area (Å²) >= 11 is 0. The second kappa shape index (κ2) is 1.95. The average molecular weight is 112 g/mol. The number of aryl methyl sites for hydroxylation is 1. The standard InChI is InChI=1S/C7H7F/c1-6-2-4-7(8)5-3-6/h2-5H,1H3/i1D2. The van der Waals surface area contributed by atoms with Crippen LogP contribution >= 0.6 is 0 Å². The van der Waals surface area contributed by atoms with Crippen molar-refractivity contribution in [3.8, 4) is 0 Å². The highest BCUT2D eigenvalue weighted by Gasteiger charge is 1.83. The first-order valence-corrected chi connectivity index (χ1v) is 2.30. The molecule has 8 heavy (non-hydrogen) atoms. The van der Waals surface area contributed by atoms with Gasteiger partial charge in [0.05, 0.1) is 0 Å². The van der Waals surface area contributed by atoms with Crippen molar-refractivity contribution >= 4 is 0 Å². The first-order chi connectivity index (χ1) is 4.70. The number of hydrogen-bond acceptors (Lipinski definition) is 0. The van der Waals surface area contributed by atoms with Gasteiger partial charge in [-0.1, -0.05) is 17.7 Å². The lowest BCUT2D eigenvalue weighted by molar-refractivity contribution is 0.627. The maximum atomic E-state index is 12.2. The first kappa shape index (κ1) is 3.23. The van der Waals surface area contributed by atoms with Gasteiger partial charge in [-0.25, -0.2) is 4.39 Å². The van der Waals surface area contributed by atoms with Gasteiger partial charge in [0.2, 0.25) is 0 Å². The van der Waals surface area contributed by atoms with Crippen LogP contribution in [0.2, 0.25) is 0 Å². The minimum atomic E-state index is -1.01. The van der Waals surface area contributed by atoms with Crippen molar-refractivity contribution in [3.05, 3.63) is 35.6 Å². The van der Waals surface area contributed by atoms with Gasteiger partial charge < -0.3 is 0 Å². The Bertz CT molecular complexity index is 205. The van der Waals surface area contributed by atoms with Crippen molar-refractivity contribution in [3.63, 3.8) is 0 Å². The molecule has 0 radical (unpaired) electrons. The van der Waals surface area contributed by atoms with Crippen molar-refractivity contribution in [2.45, 2.75) is 6.88 Å². The number of halogens is 1. The fourth-order valence-corrected chi connectivity index (χ4v) is 0.463. The van der Waals surface area contributed by atoms with Crippen LogP contribution in [0.3, 0.4) is 0 Å². The van der Waals surface area contributed by atoms with Crippen LogP contribution in [0.25, 0.3) is 0 Å². The molecule has 0 fully saturated rings. The van der Waals surface area contributed by atoms with Gasteiger partial charge in [-0.05, 0) is 19.0 Å². The van der Waals surface area contributed by atoms with E-state index in [-0.39, 0.29) is 5.82 Å². The molecule has 0 aliphatic rings. The van der Waals surface area contributed by atoms with Gasteiger partial charge in [-0.15, -0.1) is 0 Å². The summed E-state index contributed by atoms with van der Waals surface area (Å²) in [5.41, 5.74) is 0.515. The maximum absolute atomic E-state index is 12.2. The SMILES string of the molecule is [2H]C([2H])c1ccc(F)cc1. The zero-order chi connectivity index (χ0) is 7.56. The minimum absolute atomic E-state index is 0.329. The van der Waals surface area contributed by atoms with Crippen molar-refractivity contribution in [1.29, 1.82) is 0 Å². The van der Waals surface area contributed by atoms with Crippen LogP contribution in [-0.2, 0) is 0 Å². The summed E-state index contributed by atoms with van der Waals surface area (Å²) in [6, 6.07) is 5.40. The molecule has 0 saturated carbocycles. The van der Waals surface area contributed by atoms with Crippen molar-refractivity contribution < 1.29 is 7.13 Å². The summed E-state index contributed by atoms with van der Waals surface area (Å²) in [7, 11) is 0. The van der Waals surface area contributed by atoms with Crippen LogP contribution in [0.1, 0.15) is 8.30 Å². The molecule has 1 aromatic rings. The molecule has 0 nitrogen and oxygen atoms in total. The summed E-state index contributed by atoms with van der Waals surface area (Å²) in [6.45, 7) is -1.01. The Hall–Kier alpha value is -0.850. The summed E-state index contributed by atoms with van der Waals surface area (Å²) < 4.78 is 26.1. The Balaban J connectivity index is 2.89. The van der Waals surface area contributed by atoms with Crippen LogP contribution in [-0.4, -0.2) is 0 Å². The van der Waals surface area contributed by atoms with Gasteiger partial charge in [0.15, 0.2) is 0 Å². The van der Waals surface area contributed by atoms with E-state index >= 15 is 0 Å². The van der Waals surface area contributed by atoms with E-state index in [0.717, 1.165) is 0 Å². The molecular weight excluding hydrogens is 103 g/mol. The Morgan fingerprint density at radius 3 is 2.50 bits per heavy atom. The highest BCUT2D eigenvalue weighted by atomic mass is 19.1. The maximum Gasteiger partial charge on any atom is 0.123 e. The number of hydrogen-bond donors (Lipinski definition) is 0. The largest absolute Gasteiger partial charge is 0.207 e. The third-order valence-corrected chi connectivity index (χ3v) is 0.870. The van der Waals surface area contributed by atoms with Gasteiger partial charge in [0, 0.05) is 2.74 Å². The van der Waals surface area contributed by atoms with Crippen LogP contribution in [0.4, 0.5) is 4.39 Å². The minimum Gasteiger partial charge on any atom is -0.207 e. The molecule has 1 heteroatoms. The average Bonchev–Trinajstić information content (AvgIpc) is 1.88. The molecule has 0 spiro atoms. The predicted octanol–water partition coefficient (Wildman–Crippen LogP) is 2.13. The van der Waals surface area contributed by atoms with Crippen molar-refractivity contribution in [1.82, 2.24) is 0 Å².